The van der Waals surface area contributed by atoms with Crippen LogP contribution in [0.25, 0.3) is 0 Å². The van der Waals surface area contributed by atoms with Crippen molar-refractivity contribution < 1.29 is 9.90 Å². The molecular weight excluding hydrogens is 329 g/mol. The Balaban J connectivity index is 3.00. The van der Waals surface area contributed by atoms with Crippen molar-refractivity contribution in [2.75, 3.05) is 19.7 Å². The highest BCUT2D eigenvalue weighted by Gasteiger charge is 2.17. The summed E-state index contributed by atoms with van der Waals surface area (Å²) in [7, 11) is 0. The van der Waals surface area contributed by atoms with E-state index in [0.717, 1.165) is 9.13 Å². The van der Waals surface area contributed by atoms with Crippen molar-refractivity contribution >= 4 is 28.5 Å². The molecule has 0 atom stereocenters. The Morgan fingerprint density at radius 3 is 2.88 bits per heavy atom. The first-order valence-corrected chi connectivity index (χ1v) is 6.45. The lowest BCUT2D eigenvalue weighted by atomic mass is 10.1. The second-order valence-electron chi connectivity index (χ2n) is 3.70. The monoisotopic (exact) mass is 345 g/mol. The molecule has 0 spiro atoms. The van der Waals surface area contributed by atoms with Gasteiger partial charge in [0, 0.05) is 16.7 Å². The van der Waals surface area contributed by atoms with E-state index in [1.807, 2.05) is 25.1 Å². The summed E-state index contributed by atoms with van der Waals surface area (Å²) >= 11 is 2.17. The molecule has 0 fully saturated rings. The third kappa shape index (κ3) is 3.54. The van der Waals surface area contributed by atoms with Gasteiger partial charge in [-0.05, 0) is 41.1 Å². The first kappa shape index (κ1) is 14.2. The van der Waals surface area contributed by atoms with Crippen molar-refractivity contribution in [2.24, 2.45) is 0 Å². The predicted molar refractivity (Wildman–Crippen MR) is 77.1 cm³/mol. The van der Waals surface area contributed by atoms with Crippen molar-refractivity contribution in [2.45, 2.75) is 6.92 Å². The third-order valence-corrected chi connectivity index (χ3v) is 3.86. The molecule has 0 saturated carbocycles. The van der Waals surface area contributed by atoms with Gasteiger partial charge in [0.05, 0.1) is 12.2 Å². The molecule has 92 valence electrons. The normalized spacial score (nSPS) is 10.1. The van der Waals surface area contributed by atoms with Crippen molar-refractivity contribution in [3.05, 3.63) is 45.6 Å². The van der Waals surface area contributed by atoms with E-state index in [0.29, 0.717) is 18.7 Å². The van der Waals surface area contributed by atoms with E-state index in [1.54, 1.807) is 11.0 Å². The summed E-state index contributed by atoms with van der Waals surface area (Å²) in [6.45, 7) is 6.33. The second kappa shape index (κ2) is 6.76. The van der Waals surface area contributed by atoms with Crippen LogP contribution in [0, 0.1) is 10.5 Å². The van der Waals surface area contributed by atoms with Crippen LogP contribution in [0.3, 0.4) is 0 Å². The summed E-state index contributed by atoms with van der Waals surface area (Å²) in [5, 5.41) is 8.95. The fourth-order valence-electron chi connectivity index (χ4n) is 1.54. The number of benzene rings is 1. The number of carbonyl (C=O) groups excluding carboxylic acids is 1. The van der Waals surface area contributed by atoms with Crippen LogP contribution in [0.5, 0.6) is 0 Å². The lowest BCUT2D eigenvalue weighted by molar-refractivity contribution is 0.0741. The minimum absolute atomic E-state index is 0.0397. The van der Waals surface area contributed by atoms with Gasteiger partial charge in [-0.25, -0.2) is 0 Å². The first-order valence-electron chi connectivity index (χ1n) is 5.38. The third-order valence-electron chi connectivity index (χ3n) is 2.43. The first-order chi connectivity index (χ1) is 8.11. The summed E-state index contributed by atoms with van der Waals surface area (Å²) in [5.41, 5.74) is 1.76. The summed E-state index contributed by atoms with van der Waals surface area (Å²) in [4.78, 5) is 13.8. The number of nitrogens with zero attached hydrogens (tertiary/aromatic N) is 1. The van der Waals surface area contributed by atoms with Gasteiger partial charge < -0.3 is 10.0 Å². The Hall–Kier alpha value is -0.880. The number of halogens is 1. The van der Waals surface area contributed by atoms with Gasteiger partial charge in [-0.2, -0.15) is 0 Å². The highest BCUT2D eigenvalue weighted by Crippen LogP contribution is 2.18. The van der Waals surface area contributed by atoms with Gasteiger partial charge in [-0.3, -0.25) is 4.79 Å². The number of hydrogen-bond donors (Lipinski definition) is 1. The Labute approximate surface area is 115 Å². The molecular formula is C13H16INO2. The van der Waals surface area contributed by atoms with Crippen LogP contribution in [0.2, 0.25) is 0 Å². The highest BCUT2D eigenvalue weighted by atomic mass is 127. The lowest BCUT2D eigenvalue weighted by Gasteiger charge is -2.21. The van der Waals surface area contributed by atoms with Crippen LogP contribution in [-0.4, -0.2) is 35.6 Å². The van der Waals surface area contributed by atoms with E-state index in [1.165, 1.54) is 0 Å². The fourth-order valence-corrected chi connectivity index (χ4v) is 2.13. The Bertz CT molecular complexity index is 418. The average Bonchev–Trinajstić information content (AvgIpc) is 2.31. The topological polar surface area (TPSA) is 40.5 Å². The molecule has 17 heavy (non-hydrogen) atoms. The molecule has 0 radical (unpaired) electrons. The minimum atomic E-state index is -0.0629. The molecule has 0 saturated heterocycles. The number of aliphatic hydroxyl groups is 1. The number of hydrogen-bond acceptors (Lipinski definition) is 2. The van der Waals surface area contributed by atoms with Crippen LogP contribution in [0.15, 0.2) is 30.9 Å². The van der Waals surface area contributed by atoms with Gasteiger partial charge in [0.1, 0.15) is 0 Å². The van der Waals surface area contributed by atoms with E-state index in [2.05, 4.69) is 29.2 Å². The van der Waals surface area contributed by atoms with Crippen LogP contribution in [0.4, 0.5) is 0 Å². The summed E-state index contributed by atoms with van der Waals surface area (Å²) in [6.07, 6.45) is 1.66. The van der Waals surface area contributed by atoms with Gasteiger partial charge in [-0.1, -0.05) is 18.2 Å². The Morgan fingerprint density at radius 2 is 2.29 bits per heavy atom. The largest absolute Gasteiger partial charge is 0.395 e. The molecule has 1 aromatic rings. The van der Waals surface area contributed by atoms with Gasteiger partial charge in [0.25, 0.3) is 5.91 Å². The second-order valence-corrected chi connectivity index (χ2v) is 4.78. The standard InChI is InChI=1S/C13H16INO2/c1-3-7-15(8-9-16)13(17)11-6-4-5-10(2)12(11)14/h3-6,16H,1,7-9H2,2H3. The predicted octanol–water partition coefficient (Wildman–Crippen LogP) is 2.22. The molecule has 0 heterocycles. The van der Waals surface area contributed by atoms with E-state index in [-0.39, 0.29) is 12.5 Å². The fraction of sp³-hybridized carbons (Fsp3) is 0.308. The average molecular weight is 345 g/mol. The molecule has 0 aliphatic rings. The van der Waals surface area contributed by atoms with Crippen LogP contribution < -0.4 is 0 Å². The molecule has 0 unspecified atom stereocenters. The molecule has 1 aromatic carbocycles. The number of aliphatic hydroxyl groups excluding tert-OH is 1. The van der Waals surface area contributed by atoms with Gasteiger partial charge >= 0.3 is 0 Å². The number of carbonyl (C=O) groups is 1. The van der Waals surface area contributed by atoms with Crippen molar-refractivity contribution in [3.8, 4) is 0 Å². The van der Waals surface area contributed by atoms with Crippen molar-refractivity contribution in [3.63, 3.8) is 0 Å². The Kier molecular flexibility index (Phi) is 5.64. The zero-order valence-corrected chi connectivity index (χ0v) is 12.0. The maximum absolute atomic E-state index is 12.3. The van der Waals surface area contributed by atoms with Crippen molar-refractivity contribution in [1.29, 1.82) is 0 Å². The van der Waals surface area contributed by atoms with Gasteiger partial charge in [-0.15, -0.1) is 6.58 Å². The quantitative estimate of drug-likeness (QED) is 0.657. The molecule has 0 aliphatic carbocycles. The highest BCUT2D eigenvalue weighted by molar-refractivity contribution is 14.1. The zero-order valence-electron chi connectivity index (χ0n) is 9.82. The molecule has 1 N–H and O–H groups in total. The number of aryl methyl sites for hydroxylation is 1. The molecule has 1 amide bonds. The SMILES string of the molecule is C=CCN(CCO)C(=O)c1cccc(C)c1I. The maximum atomic E-state index is 12.3. The number of rotatable bonds is 5. The zero-order chi connectivity index (χ0) is 12.8. The summed E-state index contributed by atoms with van der Waals surface area (Å²) < 4.78 is 0.960. The minimum Gasteiger partial charge on any atom is -0.395 e. The van der Waals surface area contributed by atoms with E-state index < -0.39 is 0 Å². The van der Waals surface area contributed by atoms with E-state index >= 15 is 0 Å². The van der Waals surface area contributed by atoms with Crippen LogP contribution in [-0.2, 0) is 0 Å². The molecule has 4 heteroatoms. The van der Waals surface area contributed by atoms with Gasteiger partial charge in [0.2, 0.25) is 0 Å². The molecule has 1 rings (SSSR count). The van der Waals surface area contributed by atoms with Gasteiger partial charge in [0.15, 0.2) is 0 Å². The van der Waals surface area contributed by atoms with E-state index in [9.17, 15) is 4.79 Å². The Morgan fingerprint density at radius 1 is 1.59 bits per heavy atom. The van der Waals surface area contributed by atoms with Crippen LogP contribution >= 0.6 is 22.6 Å². The smallest absolute Gasteiger partial charge is 0.255 e. The summed E-state index contributed by atoms with van der Waals surface area (Å²) in [6, 6.07) is 5.66. The number of amides is 1. The summed E-state index contributed by atoms with van der Waals surface area (Å²) in [5.74, 6) is -0.0629. The molecule has 0 bridgehead atoms. The lowest BCUT2D eigenvalue weighted by Crippen LogP contribution is -2.34. The van der Waals surface area contributed by atoms with E-state index in [4.69, 9.17) is 5.11 Å². The molecule has 0 aliphatic heterocycles. The molecule has 0 aromatic heterocycles. The van der Waals surface area contributed by atoms with Crippen LogP contribution in [0.1, 0.15) is 15.9 Å². The van der Waals surface area contributed by atoms with Crippen molar-refractivity contribution in [1.82, 2.24) is 4.90 Å². The maximum Gasteiger partial charge on any atom is 0.255 e. The molecule has 3 nitrogen and oxygen atoms in total.